The van der Waals surface area contributed by atoms with Crippen molar-refractivity contribution in [1.29, 1.82) is 0 Å². The third-order valence-electron chi connectivity index (χ3n) is 9.96. The van der Waals surface area contributed by atoms with Gasteiger partial charge >= 0.3 is 8.60 Å². The second-order valence-electron chi connectivity index (χ2n) is 16.1. The molecule has 0 unspecified atom stereocenters. The standard InChI is InChI=1S/C52H97O22P/c1-2-3-4-5-6-9-12-53-13-14-54-15-16-55-17-18-56-19-20-57-21-22-58-23-24-59-25-26-60-27-28-61-29-30-62-31-32-63-33-34-64-35-36-65-37-38-66-39-40-67-41-42-68-43-44-69-45-46-70-47-48-71-49-50-72-75-73-51-10-7-8-11-52(51)74-75/h7-8,10-11H,2-6,9,12-50H2,1H3. The summed E-state index contributed by atoms with van der Waals surface area (Å²) in [6, 6.07) is 7.49. The zero-order valence-electron chi connectivity index (χ0n) is 45.6. The first-order valence-corrected chi connectivity index (χ1v) is 28.3. The number of unbranched alkanes of at least 4 members (excludes halogenated alkanes) is 5. The van der Waals surface area contributed by atoms with Crippen LogP contribution in [0.15, 0.2) is 24.3 Å². The van der Waals surface area contributed by atoms with Gasteiger partial charge in [-0.25, -0.2) is 0 Å². The molecule has 0 saturated heterocycles. The summed E-state index contributed by atoms with van der Waals surface area (Å²) in [6.45, 7) is 22.1. The lowest BCUT2D eigenvalue weighted by Crippen LogP contribution is -2.16. The van der Waals surface area contributed by atoms with Gasteiger partial charge in [-0.2, -0.15) is 0 Å². The molecule has 0 fully saturated rings. The first-order valence-electron chi connectivity index (χ1n) is 27.2. The average Bonchev–Trinajstić information content (AvgIpc) is 3.85. The molecule has 0 aromatic heterocycles. The highest BCUT2D eigenvalue weighted by Gasteiger charge is 2.27. The summed E-state index contributed by atoms with van der Waals surface area (Å²) < 4.78 is 122. The highest BCUT2D eigenvalue weighted by atomic mass is 31.2. The molecule has 0 radical (unpaired) electrons. The van der Waals surface area contributed by atoms with E-state index in [9.17, 15) is 0 Å². The van der Waals surface area contributed by atoms with Crippen molar-refractivity contribution < 1.29 is 104 Å². The van der Waals surface area contributed by atoms with Crippen LogP contribution < -0.4 is 9.05 Å². The fraction of sp³-hybridized carbons (Fsp3) is 0.885. The molecule has 1 aromatic rings. The van der Waals surface area contributed by atoms with Gasteiger partial charge in [0.05, 0.1) is 251 Å². The second kappa shape index (κ2) is 60.1. The molecule has 0 aliphatic carbocycles. The third-order valence-corrected chi connectivity index (χ3v) is 11.0. The van der Waals surface area contributed by atoms with Gasteiger partial charge in [0.25, 0.3) is 0 Å². The molecule has 75 heavy (non-hydrogen) atoms. The number of ether oxygens (including phenoxy) is 19. The lowest BCUT2D eigenvalue weighted by Gasteiger charge is -2.09. The molecule has 2 rings (SSSR count). The number of para-hydroxylation sites is 2. The Hall–Kier alpha value is -1.55. The molecule has 22 nitrogen and oxygen atoms in total. The Labute approximate surface area is 449 Å². The quantitative estimate of drug-likeness (QED) is 0.0594. The Morgan fingerprint density at radius 1 is 0.240 bits per heavy atom. The van der Waals surface area contributed by atoms with Crippen molar-refractivity contribution >= 4 is 8.60 Å². The minimum absolute atomic E-state index is 0.382. The Morgan fingerprint density at radius 2 is 0.427 bits per heavy atom. The number of rotatable bonds is 65. The van der Waals surface area contributed by atoms with Crippen LogP contribution >= 0.6 is 8.60 Å². The number of benzene rings is 1. The van der Waals surface area contributed by atoms with Crippen molar-refractivity contribution in [1.82, 2.24) is 0 Å². The summed E-state index contributed by atoms with van der Waals surface area (Å²) in [6.07, 6.45) is 7.65. The first-order chi connectivity index (χ1) is 37.4. The number of hydrogen-bond acceptors (Lipinski definition) is 22. The summed E-state index contributed by atoms with van der Waals surface area (Å²) in [5, 5.41) is 0. The fourth-order valence-corrected chi connectivity index (χ4v) is 7.04. The maximum atomic E-state index is 5.60. The van der Waals surface area contributed by atoms with E-state index in [0.29, 0.717) is 263 Å². The SMILES string of the molecule is CCCCCCCCOCCOCCOCCOCCOCCOCCOCCOCCOCCOCCOCCOCCOCCOCCOCCOCCOCCOCCOCCOP1Oc2ccccc2O1. The molecule has 0 spiro atoms. The van der Waals surface area contributed by atoms with Gasteiger partial charge in [-0.1, -0.05) is 51.2 Å². The molecule has 0 atom stereocenters. The molecule has 442 valence electrons. The van der Waals surface area contributed by atoms with Crippen LogP contribution in [0.1, 0.15) is 45.4 Å². The van der Waals surface area contributed by atoms with Crippen LogP contribution in [-0.4, -0.2) is 258 Å². The predicted octanol–water partition coefficient (Wildman–Crippen LogP) is 5.38. The van der Waals surface area contributed by atoms with Crippen LogP contribution in [0, 0.1) is 0 Å². The van der Waals surface area contributed by atoms with Crippen molar-refractivity contribution in [2.24, 2.45) is 0 Å². The molecule has 0 amide bonds. The number of fused-ring (bicyclic) bond motifs is 1. The smallest absolute Gasteiger partial charge is 0.414 e. The van der Waals surface area contributed by atoms with Gasteiger partial charge in [-0.05, 0) is 18.6 Å². The molecule has 23 heteroatoms. The summed E-state index contributed by atoms with van der Waals surface area (Å²) in [5.41, 5.74) is 0. The molecule has 1 aromatic carbocycles. The maximum Gasteiger partial charge on any atom is 0.463 e. The largest absolute Gasteiger partial charge is 0.463 e. The number of hydrogen-bond donors (Lipinski definition) is 0. The first kappa shape index (κ1) is 69.6. The lowest BCUT2D eigenvalue weighted by atomic mass is 10.1. The second-order valence-corrected chi connectivity index (χ2v) is 17.2. The van der Waals surface area contributed by atoms with Gasteiger partial charge in [0, 0.05) is 6.61 Å². The molecule has 0 bridgehead atoms. The van der Waals surface area contributed by atoms with E-state index in [1.54, 1.807) is 0 Å². The van der Waals surface area contributed by atoms with E-state index in [1.807, 2.05) is 24.3 Å². The van der Waals surface area contributed by atoms with Gasteiger partial charge < -0.3 is 99.0 Å². The van der Waals surface area contributed by atoms with Crippen LogP contribution in [0.25, 0.3) is 0 Å². The molecule has 1 heterocycles. The highest BCUT2D eigenvalue weighted by molar-refractivity contribution is 7.43. The molecule has 0 N–H and O–H groups in total. The fourth-order valence-electron chi connectivity index (χ4n) is 6.05. The van der Waals surface area contributed by atoms with Gasteiger partial charge in [-0.3, -0.25) is 4.52 Å². The Bertz CT molecular complexity index is 1230. The summed E-state index contributed by atoms with van der Waals surface area (Å²) in [4.78, 5) is 0. The minimum Gasteiger partial charge on any atom is -0.414 e. The topological polar surface area (TPSA) is 203 Å². The van der Waals surface area contributed by atoms with Crippen LogP contribution in [0.3, 0.4) is 0 Å². The van der Waals surface area contributed by atoms with Gasteiger partial charge in [-0.15, -0.1) is 0 Å². The van der Waals surface area contributed by atoms with Crippen molar-refractivity contribution in [2.75, 3.05) is 258 Å². The molecular formula is C52H97O22P. The minimum atomic E-state index is -1.40. The van der Waals surface area contributed by atoms with Gasteiger partial charge in [0.15, 0.2) is 11.5 Å². The Balaban J connectivity index is 1.09. The van der Waals surface area contributed by atoms with Gasteiger partial charge in [0.2, 0.25) is 0 Å². The van der Waals surface area contributed by atoms with Crippen molar-refractivity contribution in [3.05, 3.63) is 24.3 Å². The van der Waals surface area contributed by atoms with Crippen LogP contribution in [0.5, 0.6) is 11.5 Å². The highest BCUT2D eigenvalue weighted by Crippen LogP contribution is 2.52. The third kappa shape index (κ3) is 51.6. The van der Waals surface area contributed by atoms with Crippen molar-refractivity contribution in [3.8, 4) is 11.5 Å². The zero-order valence-corrected chi connectivity index (χ0v) is 46.5. The predicted molar refractivity (Wildman–Crippen MR) is 280 cm³/mol. The monoisotopic (exact) mass is 1100 g/mol. The summed E-state index contributed by atoms with van der Waals surface area (Å²) in [5.74, 6) is 1.41. The average molecular weight is 1110 g/mol. The van der Waals surface area contributed by atoms with E-state index < -0.39 is 8.60 Å². The molecule has 0 saturated carbocycles. The van der Waals surface area contributed by atoms with E-state index >= 15 is 0 Å². The van der Waals surface area contributed by atoms with E-state index in [0.717, 1.165) is 13.0 Å². The molecule has 1 aliphatic heterocycles. The van der Waals surface area contributed by atoms with Gasteiger partial charge in [0.1, 0.15) is 0 Å². The van der Waals surface area contributed by atoms with Crippen molar-refractivity contribution in [3.63, 3.8) is 0 Å². The normalized spacial score (nSPS) is 12.5. The maximum absolute atomic E-state index is 5.60. The Morgan fingerprint density at radius 3 is 0.653 bits per heavy atom. The van der Waals surface area contributed by atoms with Crippen LogP contribution in [0.4, 0.5) is 0 Å². The van der Waals surface area contributed by atoms with Crippen LogP contribution in [-0.2, 0) is 94.5 Å². The van der Waals surface area contributed by atoms with E-state index in [1.165, 1.54) is 32.1 Å². The lowest BCUT2D eigenvalue weighted by molar-refractivity contribution is -0.0312. The molecular weight excluding hydrogens is 1010 g/mol. The summed E-state index contributed by atoms with van der Waals surface area (Å²) in [7, 11) is -1.40. The van der Waals surface area contributed by atoms with Crippen LogP contribution in [0.2, 0.25) is 0 Å². The zero-order chi connectivity index (χ0) is 52.9. The summed E-state index contributed by atoms with van der Waals surface area (Å²) >= 11 is 0. The van der Waals surface area contributed by atoms with E-state index in [2.05, 4.69) is 6.92 Å². The molecule has 1 aliphatic rings. The Kier molecular flexibility index (Phi) is 55.7. The van der Waals surface area contributed by atoms with E-state index in [4.69, 9.17) is 104 Å². The van der Waals surface area contributed by atoms with E-state index in [-0.39, 0.29) is 0 Å². The van der Waals surface area contributed by atoms with Crippen molar-refractivity contribution in [2.45, 2.75) is 45.4 Å².